The van der Waals surface area contributed by atoms with Gasteiger partial charge in [0.05, 0.1) is 12.1 Å². The van der Waals surface area contributed by atoms with E-state index in [1.807, 2.05) is 0 Å². The van der Waals surface area contributed by atoms with Crippen LogP contribution in [0.2, 0.25) is 0 Å². The maximum absolute atomic E-state index is 13.6. The van der Waals surface area contributed by atoms with Crippen LogP contribution >= 0.6 is 11.3 Å². The van der Waals surface area contributed by atoms with Gasteiger partial charge >= 0.3 is 0 Å². The van der Waals surface area contributed by atoms with Crippen molar-refractivity contribution in [3.63, 3.8) is 0 Å². The monoisotopic (exact) mass is 373 g/mol. The van der Waals surface area contributed by atoms with E-state index >= 15 is 0 Å². The van der Waals surface area contributed by atoms with E-state index in [2.05, 4.69) is 35.3 Å². The second kappa shape index (κ2) is 7.26. The highest BCUT2D eigenvalue weighted by Gasteiger charge is 2.22. The Morgan fingerprint density at radius 1 is 1.23 bits per heavy atom. The maximum Gasteiger partial charge on any atom is 0.240 e. The zero-order valence-electron chi connectivity index (χ0n) is 13.8. The smallest absolute Gasteiger partial charge is 0.240 e. The van der Waals surface area contributed by atoms with Crippen molar-refractivity contribution in [2.75, 3.05) is 42.9 Å². The molecule has 1 saturated heterocycles. The highest BCUT2D eigenvalue weighted by molar-refractivity contribution is 7.13. The van der Waals surface area contributed by atoms with Crippen LogP contribution in [0, 0.1) is 5.82 Å². The van der Waals surface area contributed by atoms with E-state index in [0.717, 1.165) is 11.3 Å². The van der Waals surface area contributed by atoms with Crippen LogP contribution in [0.15, 0.2) is 30.0 Å². The molecule has 3 heterocycles. The van der Waals surface area contributed by atoms with E-state index in [-0.39, 0.29) is 11.7 Å². The first-order valence-corrected chi connectivity index (χ1v) is 9.00. The van der Waals surface area contributed by atoms with Crippen molar-refractivity contribution < 1.29 is 9.18 Å². The van der Waals surface area contributed by atoms with Gasteiger partial charge in [-0.25, -0.2) is 14.4 Å². The lowest BCUT2D eigenvalue weighted by Crippen LogP contribution is -2.49. The molecule has 0 radical (unpaired) electrons. The molecule has 1 aromatic carbocycles. The number of nitrogens with zero attached hydrogens (tertiary/aromatic N) is 6. The number of rotatable bonds is 4. The first-order chi connectivity index (χ1) is 12.7. The summed E-state index contributed by atoms with van der Waals surface area (Å²) in [5, 5.41) is 11.4. The molecule has 8 nitrogen and oxygen atoms in total. The van der Waals surface area contributed by atoms with Crippen molar-refractivity contribution in [2.24, 2.45) is 0 Å². The molecule has 0 aliphatic carbocycles. The standard InChI is InChI=1S/C16H16FN7OS/c17-11-1-2-13-12(7-11)15(19-9-18-13)24-5-3-23(4-6-24)8-14(25)21-16-22-20-10-26-16/h1-2,7,9-10H,3-6,8H2,(H,21,22,25). The zero-order chi connectivity index (χ0) is 17.9. The normalized spacial score (nSPS) is 15.3. The lowest BCUT2D eigenvalue weighted by atomic mass is 10.2. The van der Waals surface area contributed by atoms with Crippen LogP contribution in [-0.2, 0) is 4.79 Å². The van der Waals surface area contributed by atoms with Crippen molar-refractivity contribution in [2.45, 2.75) is 0 Å². The Kier molecular flexibility index (Phi) is 4.67. The minimum Gasteiger partial charge on any atom is -0.353 e. The zero-order valence-corrected chi connectivity index (χ0v) is 14.6. The Hall–Kier alpha value is -2.72. The molecule has 0 atom stereocenters. The highest BCUT2D eigenvalue weighted by atomic mass is 32.1. The fourth-order valence-electron chi connectivity index (χ4n) is 2.97. The summed E-state index contributed by atoms with van der Waals surface area (Å²) in [7, 11) is 0. The van der Waals surface area contributed by atoms with Crippen LogP contribution in [-0.4, -0.2) is 63.7 Å². The fourth-order valence-corrected chi connectivity index (χ4v) is 3.44. The molecular weight excluding hydrogens is 357 g/mol. The molecule has 1 amide bonds. The molecule has 1 N–H and O–H groups in total. The second-order valence-corrected chi connectivity index (χ2v) is 6.75. The lowest BCUT2D eigenvalue weighted by Gasteiger charge is -2.35. The van der Waals surface area contributed by atoms with Crippen molar-refractivity contribution in [3.05, 3.63) is 35.9 Å². The molecule has 10 heteroatoms. The van der Waals surface area contributed by atoms with Gasteiger partial charge in [0.25, 0.3) is 0 Å². The fraction of sp³-hybridized carbons (Fsp3) is 0.312. The summed E-state index contributed by atoms with van der Waals surface area (Å²) in [5.74, 6) is 0.317. The molecule has 2 aromatic heterocycles. The second-order valence-electron chi connectivity index (χ2n) is 5.91. The van der Waals surface area contributed by atoms with Crippen molar-refractivity contribution >= 4 is 39.1 Å². The third-order valence-electron chi connectivity index (χ3n) is 4.22. The summed E-state index contributed by atoms with van der Waals surface area (Å²) in [6.07, 6.45) is 1.50. The van der Waals surface area contributed by atoms with Crippen molar-refractivity contribution in [1.29, 1.82) is 0 Å². The van der Waals surface area contributed by atoms with E-state index in [0.29, 0.717) is 43.2 Å². The average Bonchev–Trinajstić information content (AvgIpc) is 3.15. The van der Waals surface area contributed by atoms with Gasteiger partial charge in [0.1, 0.15) is 23.5 Å². The Balaban J connectivity index is 1.39. The Morgan fingerprint density at radius 2 is 2.08 bits per heavy atom. The Morgan fingerprint density at radius 3 is 2.85 bits per heavy atom. The largest absolute Gasteiger partial charge is 0.353 e. The summed E-state index contributed by atoms with van der Waals surface area (Å²) in [4.78, 5) is 24.8. The molecule has 1 aliphatic heterocycles. The lowest BCUT2D eigenvalue weighted by molar-refractivity contribution is -0.117. The number of amides is 1. The van der Waals surface area contributed by atoms with Gasteiger partial charge in [-0.3, -0.25) is 15.0 Å². The minimum absolute atomic E-state index is 0.107. The molecule has 3 aromatic rings. The molecule has 26 heavy (non-hydrogen) atoms. The Labute approximate surface area is 152 Å². The summed E-state index contributed by atoms with van der Waals surface area (Å²) in [5.41, 5.74) is 2.29. The van der Waals surface area contributed by atoms with Gasteiger partial charge in [-0.05, 0) is 18.2 Å². The third kappa shape index (κ3) is 3.60. The maximum atomic E-state index is 13.6. The predicted molar refractivity (Wildman–Crippen MR) is 96.7 cm³/mol. The highest BCUT2D eigenvalue weighted by Crippen LogP contribution is 2.24. The van der Waals surface area contributed by atoms with E-state index < -0.39 is 0 Å². The van der Waals surface area contributed by atoms with E-state index in [9.17, 15) is 9.18 Å². The number of hydrogen-bond acceptors (Lipinski definition) is 8. The van der Waals surface area contributed by atoms with Crippen LogP contribution in [0.25, 0.3) is 10.9 Å². The number of nitrogens with one attached hydrogen (secondary N) is 1. The molecule has 0 bridgehead atoms. The number of aromatic nitrogens is 4. The van der Waals surface area contributed by atoms with Gasteiger partial charge in [-0.1, -0.05) is 11.3 Å². The van der Waals surface area contributed by atoms with E-state index in [4.69, 9.17) is 0 Å². The van der Waals surface area contributed by atoms with Crippen LogP contribution in [0.4, 0.5) is 15.3 Å². The summed E-state index contributed by atoms with van der Waals surface area (Å²) < 4.78 is 13.6. The van der Waals surface area contributed by atoms with Gasteiger partial charge in [-0.15, -0.1) is 10.2 Å². The van der Waals surface area contributed by atoms with Crippen molar-refractivity contribution in [3.8, 4) is 0 Å². The van der Waals surface area contributed by atoms with Gasteiger partial charge < -0.3 is 4.90 Å². The molecule has 1 fully saturated rings. The first-order valence-electron chi connectivity index (χ1n) is 8.12. The van der Waals surface area contributed by atoms with Crippen LogP contribution in [0.1, 0.15) is 0 Å². The minimum atomic E-state index is -0.305. The van der Waals surface area contributed by atoms with E-state index in [1.165, 1.54) is 29.8 Å². The number of hydrogen-bond donors (Lipinski definition) is 1. The number of halogens is 1. The first kappa shape index (κ1) is 16.7. The third-order valence-corrected chi connectivity index (χ3v) is 4.83. The molecule has 0 saturated carbocycles. The number of carbonyl (C=O) groups is 1. The summed E-state index contributed by atoms with van der Waals surface area (Å²) in [6, 6.07) is 4.52. The molecule has 4 rings (SSSR count). The number of anilines is 2. The quantitative estimate of drug-likeness (QED) is 0.739. The van der Waals surface area contributed by atoms with Gasteiger partial charge in [0.15, 0.2) is 0 Å². The number of carbonyl (C=O) groups excluding carboxylic acids is 1. The molecule has 1 aliphatic rings. The summed E-state index contributed by atoms with van der Waals surface area (Å²) >= 11 is 1.29. The summed E-state index contributed by atoms with van der Waals surface area (Å²) in [6.45, 7) is 3.13. The average molecular weight is 373 g/mol. The number of benzene rings is 1. The number of piperazine rings is 1. The molecular formula is C16H16FN7OS. The topological polar surface area (TPSA) is 87.1 Å². The van der Waals surface area contributed by atoms with Gasteiger partial charge in [-0.2, -0.15) is 0 Å². The molecule has 0 spiro atoms. The van der Waals surface area contributed by atoms with Crippen LogP contribution < -0.4 is 10.2 Å². The molecule has 0 unspecified atom stereocenters. The predicted octanol–water partition coefficient (Wildman–Crippen LogP) is 1.38. The van der Waals surface area contributed by atoms with Crippen LogP contribution in [0.5, 0.6) is 0 Å². The number of fused-ring (bicyclic) bond motifs is 1. The SMILES string of the molecule is O=C(CN1CCN(c2ncnc3ccc(F)cc23)CC1)Nc1nncs1. The molecule has 134 valence electrons. The van der Waals surface area contributed by atoms with E-state index in [1.54, 1.807) is 11.6 Å². The Bertz CT molecular complexity index is 912. The van der Waals surface area contributed by atoms with Crippen molar-refractivity contribution in [1.82, 2.24) is 25.1 Å². The van der Waals surface area contributed by atoms with Gasteiger partial charge in [0.2, 0.25) is 11.0 Å². The van der Waals surface area contributed by atoms with Crippen LogP contribution in [0.3, 0.4) is 0 Å². The van der Waals surface area contributed by atoms with Gasteiger partial charge in [0, 0.05) is 31.6 Å².